The van der Waals surface area contributed by atoms with Crippen molar-refractivity contribution in [1.82, 2.24) is 4.98 Å². The summed E-state index contributed by atoms with van der Waals surface area (Å²) in [6.45, 7) is 0.213. The first kappa shape index (κ1) is 16.7. The minimum absolute atomic E-state index is 0.125. The third-order valence-electron chi connectivity index (χ3n) is 3.29. The van der Waals surface area contributed by atoms with Crippen LogP contribution in [0.2, 0.25) is 5.02 Å². The smallest absolute Gasteiger partial charge is 0.311 e. The Morgan fingerprint density at radius 2 is 1.88 bits per heavy atom. The summed E-state index contributed by atoms with van der Waals surface area (Å²) in [6, 6.07) is 16.9. The van der Waals surface area contributed by atoms with Gasteiger partial charge in [-0.15, -0.1) is 0 Å². The minimum Gasteiger partial charge on any atom is -0.482 e. The molecule has 0 amide bonds. The lowest BCUT2D eigenvalue weighted by Crippen LogP contribution is -1.99. The maximum Gasteiger partial charge on any atom is 0.311 e. The third kappa shape index (κ3) is 4.45. The molecule has 0 aliphatic carbocycles. The van der Waals surface area contributed by atoms with E-state index in [9.17, 15) is 10.1 Å². The molecule has 0 saturated carbocycles. The van der Waals surface area contributed by atoms with Crippen LogP contribution in [0.5, 0.6) is 17.4 Å². The van der Waals surface area contributed by atoms with Crippen molar-refractivity contribution in [3.8, 4) is 17.4 Å². The summed E-state index contributed by atoms with van der Waals surface area (Å²) in [7, 11) is 0. The summed E-state index contributed by atoms with van der Waals surface area (Å²) in [5.74, 6) is 0.830. The van der Waals surface area contributed by atoms with Crippen molar-refractivity contribution in [3.05, 3.63) is 87.6 Å². The monoisotopic (exact) mass is 356 g/mol. The summed E-state index contributed by atoms with van der Waals surface area (Å²) in [5.41, 5.74) is 0.773. The van der Waals surface area contributed by atoms with Gasteiger partial charge in [0, 0.05) is 24.4 Å². The van der Waals surface area contributed by atoms with Crippen LogP contribution in [0.25, 0.3) is 0 Å². The van der Waals surface area contributed by atoms with E-state index in [1.54, 1.807) is 12.1 Å². The molecule has 1 aromatic heterocycles. The van der Waals surface area contributed by atoms with Crippen LogP contribution in [-0.2, 0) is 6.61 Å². The van der Waals surface area contributed by atoms with Crippen LogP contribution < -0.4 is 9.47 Å². The quantitative estimate of drug-likeness (QED) is 0.458. The fraction of sp³-hybridized carbons (Fsp3) is 0.0556. The maximum atomic E-state index is 11.2. The molecule has 1 heterocycles. The Morgan fingerprint density at radius 1 is 1.08 bits per heavy atom. The number of hydrogen-bond donors (Lipinski definition) is 0. The molecule has 0 aliphatic heterocycles. The maximum absolute atomic E-state index is 11.2. The Morgan fingerprint density at radius 3 is 2.56 bits per heavy atom. The van der Waals surface area contributed by atoms with Crippen molar-refractivity contribution in [2.45, 2.75) is 6.61 Å². The van der Waals surface area contributed by atoms with E-state index in [4.69, 9.17) is 21.1 Å². The number of halogens is 1. The first-order valence-electron chi connectivity index (χ1n) is 7.36. The lowest BCUT2D eigenvalue weighted by Gasteiger charge is -2.09. The molecule has 0 unspecified atom stereocenters. The second-order valence-corrected chi connectivity index (χ2v) is 5.51. The average Bonchev–Trinajstić information content (AvgIpc) is 2.63. The van der Waals surface area contributed by atoms with Crippen LogP contribution >= 0.6 is 11.6 Å². The number of ether oxygens (including phenoxy) is 2. The van der Waals surface area contributed by atoms with Gasteiger partial charge in [-0.25, -0.2) is 4.98 Å². The molecule has 0 fully saturated rings. The Balaban J connectivity index is 1.81. The summed E-state index contributed by atoms with van der Waals surface area (Å²) >= 11 is 5.78. The van der Waals surface area contributed by atoms with Gasteiger partial charge < -0.3 is 9.47 Å². The molecular formula is C18H13ClN2O4. The normalized spacial score (nSPS) is 10.3. The summed E-state index contributed by atoms with van der Waals surface area (Å²) in [4.78, 5) is 14.7. The van der Waals surface area contributed by atoms with Crippen LogP contribution in [0.4, 0.5) is 5.69 Å². The van der Waals surface area contributed by atoms with Crippen molar-refractivity contribution in [3.63, 3.8) is 0 Å². The Bertz CT molecular complexity index is 870. The number of nitro groups is 1. The minimum atomic E-state index is -0.495. The third-order valence-corrected chi connectivity index (χ3v) is 3.51. The Kier molecular flexibility index (Phi) is 5.11. The van der Waals surface area contributed by atoms with E-state index in [0.29, 0.717) is 16.7 Å². The molecule has 3 aromatic rings. The second-order valence-electron chi connectivity index (χ2n) is 5.08. The van der Waals surface area contributed by atoms with E-state index in [1.165, 1.54) is 24.4 Å². The van der Waals surface area contributed by atoms with E-state index in [1.807, 2.05) is 30.3 Å². The topological polar surface area (TPSA) is 74.5 Å². The fourth-order valence-corrected chi connectivity index (χ4v) is 2.21. The SMILES string of the molecule is O=[N+]([O-])c1ccc(Oc2ccc(Cl)cn2)cc1OCc1ccccc1. The van der Waals surface area contributed by atoms with Crippen LogP contribution in [0, 0.1) is 10.1 Å². The number of rotatable bonds is 6. The van der Waals surface area contributed by atoms with Crippen molar-refractivity contribution >= 4 is 17.3 Å². The number of benzene rings is 2. The molecule has 2 aromatic carbocycles. The zero-order chi connectivity index (χ0) is 17.6. The van der Waals surface area contributed by atoms with Gasteiger partial charge in [-0.2, -0.15) is 0 Å². The summed E-state index contributed by atoms with van der Waals surface area (Å²) in [5, 5.41) is 11.7. The first-order valence-corrected chi connectivity index (χ1v) is 7.74. The van der Waals surface area contributed by atoms with Gasteiger partial charge in [0.05, 0.1) is 9.95 Å². The van der Waals surface area contributed by atoms with Crippen molar-refractivity contribution in [2.24, 2.45) is 0 Å². The molecule has 126 valence electrons. The molecule has 0 bridgehead atoms. The predicted molar refractivity (Wildman–Crippen MR) is 93.2 cm³/mol. The summed E-state index contributed by atoms with van der Waals surface area (Å²) < 4.78 is 11.2. The molecule has 0 N–H and O–H groups in total. The molecule has 3 rings (SSSR count). The van der Waals surface area contributed by atoms with Gasteiger partial charge in [0.25, 0.3) is 0 Å². The predicted octanol–water partition coefficient (Wildman–Crippen LogP) is 5.01. The van der Waals surface area contributed by atoms with Crippen molar-refractivity contribution in [1.29, 1.82) is 0 Å². The Labute approximate surface area is 148 Å². The molecule has 25 heavy (non-hydrogen) atoms. The van der Waals surface area contributed by atoms with Gasteiger partial charge in [-0.1, -0.05) is 41.9 Å². The van der Waals surface area contributed by atoms with Crippen LogP contribution in [0.15, 0.2) is 66.9 Å². The first-order chi connectivity index (χ1) is 12.1. The van der Waals surface area contributed by atoms with E-state index in [0.717, 1.165) is 5.56 Å². The molecule has 0 spiro atoms. The van der Waals surface area contributed by atoms with Crippen LogP contribution in [0.1, 0.15) is 5.56 Å². The van der Waals surface area contributed by atoms with E-state index in [-0.39, 0.29) is 18.0 Å². The second kappa shape index (κ2) is 7.63. The highest BCUT2D eigenvalue weighted by Crippen LogP contribution is 2.33. The number of nitro benzene ring substituents is 1. The van der Waals surface area contributed by atoms with Gasteiger partial charge in [0.15, 0.2) is 0 Å². The number of nitrogens with zero attached hydrogens (tertiary/aromatic N) is 2. The molecule has 6 nitrogen and oxygen atoms in total. The average molecular weight is 357 g/mol. The molecular weight excluding hydrogens is 344 g/mol. The highest BCUT2D eigenvalue weighted by Gasteiger charge is 2.17. The molecule has 7 heteroatoms. The van der Waals surface area contributed by atoms with Crippen LogP contribution in [0.3, 0.4) is 0 Å². The van der Waals surface area contributed by atoms with Crippen molar-refractivity contribution in [2.75, 3.05) is 0 Å². The molecule has 0 aliphatic rings. The van der Waals surface area contributed by atoms with Gasteiger partial charge in [0.1, 0.15) is 12.4 Å². The van der Waals surface area contributed by atoms with Gasteiger partial charge >= 0.3 is 5.69 Å². The van der Waals surface area contributed by atoms with Gasteiger partial charge in [-0.05, 0) is 17.7 Å². The molecule has 0 radical (unpaired) electrons. The van der Waals surface area contributed by atoms with Crippen LogP contribution in [-0.4, -0.2) is 9.91 Å². The number of hydrogen-bond acceptors (Lipinski definition) is 5. The van der Waals surface area contributed by atoms with E-state index < -0.39 is 4.92 Å². The molecule has 0 atom stereocenters. The summed E-state index contributed by atoms with van der Waals surface area (Å²) in [6.07, 6.45) is 1.45. The molecule has 0 saturated heterocycles. The van der Waals surface area contributed by atoms with E-state index >= 15 is 0 Å². The van der Waals surface area contributed by atoms with Gasteiger partial charge in [0.2, 0.25) is 11.6 Å². The number of aromatic nitrogens is 1. The highest BCUT2D eigenvalue weighted by atomic mass is 35.5. The Hall–Kier alpha value is -3.12. The van der Waals surface area contributed by atoms with Crippen molar-refractivity contribution < 1.29 is 14.4 Å². The fourth-order valence-electron chi connectivity index (χ4n) is 2.10. The van der Waals surface area contributed by atoms with Gasteiger partial charge in [-0.3, -0.25) is 10.1 Å². The zero-order valence-electron chi connectivity index (χ0n) is 13.0. The zero-order valence-corrected chi connectivity index (χ0v) is 13.7. The number of pyridine rings is 1. The lowest BCUT2D eigenvalue weighted by molar-refractivity contribution is -0.386. The largest absolute Gasteiger partial charge is 0.482 e. The highest BCUT2D eigenvalue weighted by molar-refractivity contribution is 6.30. The standard InChI is InChI=1S/C18H13ClN2O4/c19-14-6-9-18(20-11-14)25-15-7-8-16(21(22)23)17(10-15)24-12-13-4-2-1-3-5-13/h1-11H,12H2. The lowest BCUT2D eigenvalue weighted by atomic mass is 10.2. The van der Waals surface area contributed by atoms with E-state index in [2.05, 4.69) is 4.98 Å².